The molecule has 1 N–H and O–H groups in total. The molecular weight excluding hydrogens is 395 g/mol. The van der Waals surface area contributed by atoms with Gasteiger partial charge in [-0.3, -0.25) is 0 Å². The van der Waals surface area contributed by atoms with E-state index in [1.807, 2.05) is 12.1 Å². The molecule has 0 amide bonds. The molecule has 140 valence electrons. The third kappa shape index (κ3) is 4.23. The van der Waals surface area contributed by atoms with Crippen LogP contribution in [0.25, 0.3) is 11.3 Å². The van der Waals surface area contributed by atoms with Crippen LogP contribution in [0.3, 0.4) is 0 Å². The van der Waals surface area contributed by atoms with Gasteiger partial charge in [-0.2, -0.15) is 0 Å². The van der Waals surface area contributed by atoms with E-state index >= 15 is 0 Å². The SMILES string of the molecule is CN(c1ccc(-c2ccc(Br)cc2F)nn1)C1CC(C)(C)NC(C)(C)C1. The maximum atomic E-state index is 14.1. The summed E-state index contributed by atoms with van der Waals surface area (Å²) in [7, 11) is 2.06. The Hall–Kier alpha value is -1.53. The van der Waals surface area contributed by atoms with Crippen LogP contribution in [0.4, 0.5) is 10.2 Å². The van der Waals surface area contributed by atoms with Crippen molar-refractivity contribution in [1.29, 1.82) is 0 Å². The first kappa shape index (κ1) is 19.2. The molecule has 0 bridgehead atoms. The minimum Gasteiger partial charge on any atom is -0.355 e. The van der Waals surface area contributed by atoms with E-state index in [0.29, 0.717) is 21.8 Å². The smallest absolute Gasteiger partial charge is 0.151 e. The van der Waals surface area contributed by atoms with Gasteiger partial charge in [-0.25, -0.2) is 4.39 Å². The van der Waals surface area contributed by atoms with E-state index in [0.717, 1.165) is 18.7 Å². The predicted molar refractivity (Wildman–Crippen MR) is 108 cm³/mol. The first-order chi connectivity index (χ1) is 12.1. The molecule has 0 radical (unpaired) electrons. The highest BCUT2D eigenvalue weighted by atomic mass is 79.9. The van der Waals surface area contributed by atoms with Gasteiger partial charge in [0.1, 0.15) is 5.82 Å². The van der Waals surface area contributed by atoms with Crippen molar-refractivity contribution in [2.75, 3.05) is 11.9 Å². The van der Waals surface area contributed by atoms with Crippen molar-refractivity contribution in [2.45, 2.75) is 57.7 Å². The molecule has 4 nitrogen and oxygen atoms in total. The highest BCUT2D eigenvalue weighted by molar-refractivity contribution is 9.10. The van der Waals surface area contributed by atoms with Crippen LogP contribution in [0.2, 0.25) is 0 Å². The molecule has 1 aliphatic heterocycles. The molecule has 3 rings (SSSR count). The summed E-state index contributed by atoms with van der Waals surface area (Å²) in [5.74, 6) is 0.501. The normalized spacial score (nSPS) is 19.3. The van der Waals surface area contributed by atoms with Crippen LogP contribution in [0.15, 0.2) is 34.8 Å². The number of benzene rings is 1. The second-order valence-electron chi connectivity index (χ2n) is 8.47. The van der Waals surface area contributed by atoms with Gasteiger partial charge >= 0.3 is 0 Å². The first-order valence-electron chi connectivity index (χ1n) is 8.88. The maximum absolute atomic E-state index is 14.1. The molecule has 1 aromatic carbocycles. The molecule has 0 spiro atoms. The van der Waals surface area contributed by atoms with E-state index in [1.165, 1.54) is 6.07 Å². The number of anilines is 1. The Balaban J connectivity index is 1.82. The fourth-order valence-electron chi connectivity index (χ4n) is 4.08. The summed E-state index contributed by atoms with van der Waals surface area (Å²) in [4.78, 5) is 2.19. The lowest BCUT2D eigenvalue weighted by atomic mass is 9.79. The average molecular weight is 421 g/mol. The number of hydrogen-bond donors (Lipinski definition) is 1. The van der Waals surface area contributed by atoms with Crippen molar-refractivity contribution in [3.63, 3.8) is 0 Å². The van der Waals surface area contributed by atoms with Gasteiger partial charge in [0.15, 0.2) is 5.82 Å². The Morgan fingerprint density at radius 2 is 1.73 bits per heavy atom. The zero-order valence-corrected chi connectivity index (χ0v) is 17.6. The number of piperidine rings is 1. The summed E-state index contributed by atoms with van der Waals surface area (Å²) in [6, 6.07) is 9.08. The molecule has 26 heavy (non-hydrogen) atoms. The van der Waals surface area contributed by atoms with Gasteiger partial charge in [-0.15, -0.1) is 10.2 Å². The Kier molecular flexibility index (Phi) is 5.10. The molecule has 1 saturated heterocycles. The lowest BCUT2D eigenvalue weighted by Crippen LogP contribution is -2.62. The van der Waals surface area contributed by atoms with E-state index in [2.05, 4.69) is 71.1 Å². The van der Waals surface area contributed by atoms with Crippen LogP contribution >= 0.6 is 15.9 Å². The van der Waals surface area contributed by atoms with Crippen molar-refractivity contribution in [3.8, 4) is 11.3 Å². The van der Waals surface area contributed by atoms with Gasteiger partial charge in [0.05, 0.1) is 5.69 Å². The summed E-state index contributed by atoms with van der Waals surface area (Å²) in [6.07, 6.45) is 2.05. The van der Waals surface area contributed by atoms with E-state index in [4.69, 9.17) is 0 Å². The molecule has 2 aromatic rings. The van der Waals surface area contributed by atoms with Crippen molar-refractivity contribution in [2.24, 2.45) is 0 Å². The second kappa shape index (κ2) is 6.89. The molecule has 1 aliphatic rings. The first-order valence-corrected chi connectivity index (χ1v) is 9.67. The second-order valence-corrected chi connectivity index (χ2v) is 9.38. The van der Waals surface area contributed by atoms with Crippen molar-refractivity contribution in [1.82, 2.24) is 15.5 Å². The molecule has 0 unspecified atom stereocenters. The third-order valence-corrected chi connectivity index (χ3v) is 5.43. The molecule has 1 fully saturated rings. The minimum absolute atomic E-state index is 0.0641. The molecule has 0 saturated carbocycles. The van der Waals surface area contributed by atoms with Gasteiger partial charge in [-0.1, -0.05) is 15.9 Å². The zero-order chi connectivity index (χ0) is 19.1. The van der Waals surface area contributed by atoms with E-state index < -0.39 is 0 Å². The van der Waals surface area contributed by atoms with Crippen LogP contribution in [0.5, 0.6) is 0 Å². The molecule has 1 aromatic heterocycles. The van der Waals surface area contributed by atoms with Gasteiger partial charge in [0.2, 0.25) is 0 Å². The average Bonchev–Trinajstić information content (AvgIpc) is 2.51. The fourth-order valence-corrected chi connectivity index (χ4v) is 4.42. The van der Waals surface area contributed by atoms with E-state index in [1.54, 1.807) is 12.1 Å². The van der Waals surface area contributed by atoms with E-state index in [9.17, 15) is 4.39 Å². The lowest BCUT2D eigenvalue weighted by Gasteiger charge is -2.49. The zero-order valence-electron chi connectivity index (χ0n) is 16.0. The van der Waals surface area contributed by atoms with E-state index in [-0.39, 0.29) is 16.9 Å². The summed E-state index contributed by atoms with van der Waals surface area (Å²) >= 11 is 3.27. The Morgan fingerprint density at radius 1 is 1.08 bits per heavy atom. The van der Waals surface area contributed by atoms with Crippen LogP contribution in [0, 0.1) is 5.82 Å². The number of hydrogen-bond acceptors (Lipinski definition) is 4. The molecule has 6 heteroatoms. The number of nitrogens with zero attached hydrogens (tertiary/aromatic N) is 3. The highest BCUT2D eigenvalue weighted by Crippen LogP contribution is 2.33. The molecular formula is C20H26BrFN4. The largest absolute Gasteiger partial charge is 0.355 e. The molecule has 0 aliphatic carbocycles. The van der Waals surface area contributed by atoms with Crippen molar-refractivity contribution >= 4 is 21.7 Å². The summed E-state index contributed by atoms with van der Waals surface area (Å²) in [5, 5.41) is 12.3. The third-order valence-electron chi connectivity index (χ3n) is 4.94. The summed E-state index contributed by atoms with van der Waals surface area (Å²) in [6.45, 7) is 8.94. The lowest BCUT2D eigenvalue weighted by molar-refractivity contribution is 0.160. The minimum atomic E-state index is -0.309. The van der Waals surface area contributed by atoms with Crippen LogP contribution < -0.4 is 10.2 Å². The van der Waals surface area contributed by atoms with Crippen LogP contribution in [-0.2, 0) is 0 Å². The number of rotatable bonds is 3. The van der Waals surface area contributed by atoms with Gasteiger partial charge in [-0.05, 0) is 70.9 Å². The van der Waals surface area contributed by atoms with Gasteiger partial charge < -0.3 is 10.2 Å². The van der Waals surface area contributed by atoms with Crippen molar-refractivity contribution in [3.05, 3.63) is 40.6 Å². The fraction of sp³-hybridized carbons (Fsp3) is 0.500. The Bertz CT molecular complexity index is 773. The van der Waals surface area contributed by atoms with Gasteiger partial charge in [0, 0.05) is 34.2 Å². The maximum Gasteiger partial charge on any atom is 0.151 e. The molecule has 2 heterocycles. The number of aromatic nitrogens is 2. The highest BCUT2D eigenvalue weighted by Gasteiger charge is 2.39. The quantitative estimate of drug-likeness (QED) is 0.774. The summed E-state index contributed by atoms with van der Waals surface area (Å²) < 4.78 is 14.8. The number of nitrogens with one attached hydrogen (secondary N) is 1. The standard InChI is InChI=1S/C20H26BrFN4/c1-19(2)11-14(12-20(3,4)25-19)26(5)18-9-8-17(23-24-18)15-7-6-13(21)10-16(15)22/h6-10,14,25H,11-12H2,1-5H3. The Labute approximate surface area is 163 Å². The number of halogens is 2. The topological polar surface area (TPSA) is 41.1 Å². The predicted octanol–water partition coefficient (Wildman–Crippen LogP) is 4.79. The summed E-state index contributed by atoms with van der Waals surface area (Å²) in [5.41, 5.74) is 1.13. The van der Waals surface area contributed by atoms with Crippen LogP contribution in [-0.4, -0.2) is 34.4 Å². The van der Waals surface area contributed by atoms with Gasteiger partial charge in [0.25, 0.3) is 0 Å². The Morgan fingerprint density at radius 3 is 2.27 bits per heavy atom. The van der Waals surface area contributed by atoms with Crippen LogP contribution in [0.1, 0.15) is 40.5 Å². The van der Waals surface area contributed by atoms with Crippen molar-refractivity contribution < 1.29 is 4.39 Å². The molecule has 0 atom stereocenters. The monoisotopic (exact) mass is 420 g/mol.